The van der Waals surface area contributed by atoms with E-state index >= 15 is 0 Å². The lowest BCUT2D eigenvalue weighted by Crippen LogP contribution is -1.98. The molecule has 0 radical (unpaired) electrons. The zero-order chi connectivity index (χ0) is 11.7. The Kier molecular flexibility index (Phi) is 3.09. The minimum absolute atomic E-state index is 0.527. The van der Waals surface area contributed by atoms with Gasteiger partial charge in [0.25, 0.3) is 0 Å². The fraction of sp³-hybridized carbons (Fsp3) is 0.625. The van der Waals surface area contributed by atoms with E-state index in [9.17, 15) is 5.11 Å². The fourth-order valence-electron chi connectivity index (χ4n) is 3.65. The van der Waals surface area contributed by atoms with E-state index in [0.29, 0.717) is 11.7 Å². The van der Waals surface area contributed by atoms with Crippen molar-refractivity contribution >= 4 is 0 Å². The van der Waals surface area contributed by atoms with E-state index < -0.39 is 0 Å². The molecule has 0 aromatic heterocycles. The van der Waals surface area contributed by atoms with Crippen molar-refractivity contribution in [2.45, 2.75) is 63.2 Å². The Morgan fingerprint density at radius 2 is 1.41 bits per heavy atom. The van der Waals surface area contributed by atoms with Crippen LogP contribution in [0.4, 0.5) is 0 Å². The standard InChI is InChI=1S/C16H22O/c17-16-10-9-14(12-5-1-2-6-12)11-15(16)13-7-3-4-8-13/h9-13,17H,1-8H2. The normalized spacial score (nSPS) is 22.4. The van der Waals surface area contributed by atoms with Crippen LogP contribution in [0.2, 0.25) is 0 Å². The Bertz CT molecular complexity index is 385. The first-order valence-electron chi connectivity index (χ1n) is 7.17. The van der Waals surface area contributed by atoms with Gasteiger partial charge in [0.2, 0.25) is 0 Å². The molecule has 0 amide bonds. The summed E-state index contributed by atoms with van der Waals surface area (Å²) in [4.78, 5) is 0. The summed E-state index contributed by atoms with van der Waals surface area (Å²) in [6, 6.07) is 6.38. The first-order valence-corrected chi connectivity index (χ1v) is 7.17. The summed E-state index contributed by atoms with van der Waals surface area (Å²) >= 11 is 0. The van der Waals surface area contributed by atoms with Crippen molar-refractivity contribution in [1.29, 1.82) is 0 Å². The molecule has 1 aromatic carbocycles. The monoisotopic (exact) mass is 230 g/mol. The van der Waals surface area contributed by atoms with Crippen LogP contribution in [0, 0.1) is 0 Å². The molecule has 1 nitrogen and oxygen atoms in total. The van der Waals surface area contributed by atoms with E-state index in [0.717, 1.165) is 5.92 Å². The highest BCUT2D eigenvalue weighted by molar-refractivity contribution is 5.40. The molecule has 3 rings (SSSR count). The van der Waals surface area contributed by atoms with Gasteiger partial charge in [-0.3, -0.25) is 0 Å². The Morgan fingerprint density at radius 1 is 0.824 bits per heavy atom. The van der Waals surface area contributed by atoms with E-state index in [1.807, 2.05) is 6.07 Å². The second-order valence-electron chi connectivity index (χ2n) is 5.78. The van der Waals surface area contributed by atoms with Gasteiger partial charge in [-0.15, -0.1) is 0 Å². The third-order valence-corrected chi connectivity index (χ3v) is 4.67. The van der Waals surface area contributed by atoms with Gasteiger partial charge >= 0.3 is 0 Å². The molecule has 0 aliphatic heterocycles. The second kappa shape index (κ2) is 4.72. The number of phenols is 1. The molecule has 0 heterocycles. The van der Waals surface area contributed by atoms with Crippen LogP contribution in [-0.2, 0) is 0 Å². The summed E-state index contributed by atoms with van der Waals surface area (Å²) in [6.07, 6.45) is 10.6. The molecule has 1 heteroatoms. The molecule has 1 N–H and O–H groups in total. The van der Waals surface area contributed by atoms with E-state index in [4.69, 9.17) is 0 Å². The molecule has 0 unspecified atom stereocenters. The lowest BCUT2D eigenvalue weighted by molar-refractivity contribution is 0.460. The maximum atomic E-state index is 10.0. The minimum atomic E-state index is 0.527. The summed E-state index contributed by atoms with van der Waals surface area (Å²) in [7, 11) is 0. The summed E-state index contributed by atoms with van der Waals surface area (Å²) in [5.74, 6) is 1.91. The lowest BCUT2D eigenvalue weighted by Gasteiger charge is -2.16. The summed E-state index contributed by atoms with van der Waals surface area (Å²) in [5.41, 5.74) is 2.70. The van der Waals surface area contributed by atoms with Crippen LogP contribution in [0.15, 0.2) is 18.2 Å². The molecule has 2 saturated carbocycles. The number of benzene rings is 1. The van der Waals surface area contributed by atoms with E-state index in [2.05, 4.69) is 12.1 Å². The Hall–Kier alpha value is -0.980. The van der Waals surface area contributed by atoms with Gasteiger partial charge in [-0.2, -0.15) is 0 Å². The van der Waals surface area contributed by atoms with Crippen LogP contribution >= 0.6 is 0 Å². The molecule has 2 aliphatic carbocycles. The zero-order valence-corrected chi connectivity index (χ0v) is 10.5. The Morgan fingerprint density at radius 3 is 2.06 bits per heavy atom. The Balaban J connectivity index is 1.88. The van der Waals surface area contributed by atoms with Crippen molar-refractivity contribution < 1.29 is 5.11 Å². The highest BCUT2D eigenvalue weighted by Crippen LogP contribution is 2.41. The molecule has 17 heavy (non-hydrogen) atoms. The van der Waals surface area contributed by atoms with Crippen molar-refractivity contribution in [2.75, 3.05) is 0 Å². The Labute approximate surface area is 104 Å². The van der Waals surface area contributed by atoms with Gasteiger partial charge in [0.1, 0.15) is 5.75 Å². The van der Waals surface area contributed by atoms with E-state index in [1.165, 1.54) is 62.5 Å². The molecule has 92 valence electrons. The molecule has 0 bridgehead atoms. The van der Waals surface area contributed by atoms with Crippen molar-refractivity contribution in [1.82, 2.24) is 0 Å². The van der Waals surface area contributed by atoms with Crippen molar-refractivity contribution in [2.24, 2.45) is 0 Å². The second-order valence-corrected chi connectivity index (χ2v) is 5.78. The number of hydrogen-bond acceptors (Lipinski definition) is 1. The predicted molar refractivity (Wildman–Crippen MR) is 70.5 cm³/mol. The van der Waals surface area contributed by atoms with Crippen molar-refractivity contribution in [3.8, 4) is 5.75 Å². The number of rotatable bonds is 2. The third-order valence-electron chi connectivity index (χ3n) is 4.67. The number of hydrogen-bond donors (Lipinski definition) is 1. The largest absolute Gasteiger partial charge is 0.508 e. The van der Waals surface area contributed by atoms with Gasteiger partial charge < -0.3 is 5.11 Å². The fourth-order valence-corrected chi connectivity index (χ4v) is 3.65. The predicted octanol–water partition coefficient (Wildman–Crippen LogP) is 4.71. The number of phenolic OH excluding ortho intramolecular Hbond substituents is 1. The van der Waals surface area contributed by atoms with Gasteiger partial charge in [-0.05, 0) is 54.7 Å². The third kappa shape index (κ3) is 2.20. The molecule has 1 aromatic rings. The van der Waals surface area contributed by atoms with Crippen molar-refractivity contribution in [3.05, 3.63) is 29.3 Å². The van der Waals surface area contributed by atoms with Crippen molar-refractivity contribution in [3.63, 3.8) is 0 Å². The molecule has 2 aliphatic rings. The van der Waals surface area contributed by atoms with Crippen LogP contribution in [0.1, 0.15) is 74.3 Å². The molecule has 0 saturated heterocycles. The molecular formula is C16H22O. The maximum absolute atomic E-state index is 10.0. The molecule has 2 fully saturated rings. The molecule has 0 spiro atoms. The van der Waals surface area contributed by atoms with Gasteiger partial charge in [-0.25, -0.2) is 0 Å². The zero-order valence-electron chi connectivity index (χ0n) is 10.5. The van der Waals surface area contributed by atoms with E-state index in [1.54, 1.807) is 0 Å². The SMILES string of the molecule is Oc1ccc(C2CCCC2)cc1C1CCCC1. The molecular weight excluding hydrogens is 208 g/mol. The van der Waals surface area contributed by atoms with Crippen LogP contribution < -0.4 is 0 Å². The van der Waals surface area contributed by atoms with Crippen LogP contribution in [0.5, 0.6) is 5.75 Å². The first-order chi connectivity index (χ1) is 8.34. The highest BCUT2D eigenvalue weighted by Gasteiger charge is 2.23. The van der Waals surface area contributed by atoms with Gasteiger partial charge in [0, 0.05) is 0 Å². The highest BCUT2D eigenvalue weighted by atomic mass is 16.3. The van der Waals surface area contributed by atoms with Gasteiger partial charge in [0.05, 0.1) is 0 Å². The lowest BCUT2D eigenvalue weighted by atomic mass is 9.90. The van der Waals surface area contributed by atoms with Crippen LogP contribution in [0.25, 0.3) is 0 Å². The van der Waals surface area contributed by atoms with Crippen LogP contribution in [0.3, 0.4) is 0 Å². The van der Waals surface area contributed by atoms with Gasteiger partial charge in [0.15, 0.2) is 0 Å². The van der Waals surface area contributed by atoms with E-state index in [-0.39, 0.29) is 0 Å². The average Bonchev–Trinajstić information content (AvgIpc) is 3.03. The summed E-state index contributed by atoms with van der Waals surface area (Å²) < 4.78 is 0. The summed E-state index contributed by atoms with van der Waals surface area (Å²) in [5, 5.41) is 10.0. The topological polar surface area (TPSA) is 20.2 Å². The van der Waals surface area contributed by atoms with Gasteiger partial charge in [-0.1, -0.05) is 37.8 Å². The smallest absolute Gasteiger partial charge is 0.119 e. The quantitative estimate of drug-likeness (QED) is 0.780. The average molecular weight is 230 g/mol. The molecule has 0 atom stereocenters. The summed E-state index contributed by atoms with van der Waals surface area (Å²) in [6.45, 7) is 0. The minimum Gasteiger partial charge on any atom is -0.508 e. The first kappa shape index (κ1) is 11.1. The number of aromatic hydroxyl groups is 1. The van der Waals surface area contributed by atoms with Crippen LogP contribution in [-0.4, -0.2) is 5.11 Å². The maximum Gasteiger partial charge on any atom is 0.119 e.